The molecule has 0 saturated heterocycles. The zero-order valence-corrected chi connectivity index (χ0v) is 9.04. The third-order valence-electron chi connectivity index (χ3n) is 2.39. The van der Waals surface area contributed by atoms with Crippen molar-refractivity contribution in [3.8, 4) is 0 Å². The Kier molecular flexibility index (Phi) is 4.93. The number of hydrogen-bond donors (Lipinski definition) is 2. The Hall–Kier alpha value is -1.26. The van der Waals surface area contributed by atoms with Crippen LogP contribution in [0.3, 0.4) is 0 Å². The molecule has 1 aliphatic carbocycles. The smallest absolute Gasteiger partial charge is 0.325 e. The Balaban J connectivity index is 2.10. The predicted octanol–water partition coefficient (Wildman–Crippen LogP) is 0.791. The van der Waals surface area contributed by atoms with Crippen LogP contribution in [0.25, 0.3) is 0 Å². The van der Waals surface area contributed by atoms with Crippen LogP contribution in [0, 0.1) is 0 Å². The van der Waals surface area contributed by atoms with Gasteiger partial charge in [0.15, 0.2) is 0 Å². The van der Waals surface area contributed by atoms with Crippen LogP contribution in [0.2, 0.25) is 0 Å². The second-order valence-corrected chi connectivity index (χ2v) is 3.61. The zero-order valence-electron chi connectivity index (χ0n) is 9.04. The summed E-state index contributed by atoms with van der Waals surface area (Å²) in [6.07, 6.45) is 4.41. The Morgan fingerprint density at radius 2 is 2.00 bits per heavy atom. The van der Waals surface area contributed by atoms with E-state index >= 15 is 0 Å². The van der Waals surface area contributed by atoms with Gasteiger partial charge in [-0.1, -0.05) is 12.8 Å². The summed E-state index contributed by atoms with van der Waals surface area (Å²) in [5.41, 5.74) is 0. The van der Waals surface area contributed by atoms with Crippen LogP contribution in [0.4, 0.5) is 4.79 Å². The summed E-state index contributed by atoms with van der Waals surface area (Å²) in [7, 11) is 0. The fraction of sp³-hybridized carbons (Fsp3) is 0.800. The molecule has 0 heterocycles. The van der Waals surface area contributed by atoms with Crippen LogP contribution in [-0.4, -0.2) is 31.2 Å². The van der Waals surface area contributed by atoms with E-state index < -0.39 is 5.97 Å². The van der Waals surface area contributed by atoms with Crippen LogP contribution >= 0.6 is 0 Å². The average molecular weight is 214 g/mol. The Bertz CT molecular complexity index is 225. The van der Waals surface area contributed by atoms with Gasteiger partial charge in [0.25, 0.3) is 0 Å². The van der Waals surface area contributed by atoms with Crippen molar-refractivity contribution in [1.29, 1.82) is 0 Å². The molecular formula is C10H18N2O3. The topological polar surface area (TPSA) is 67.4 Å². The average Bonchev–Trinajstić information content (AvgIpc) is 2.68. The van der Waals surface area contributed by atoms with E-state index in [2.05, 4.69) is 15.4 Å². The normalized spacial score (nSPS) is 16.1. The van der Waals surface area contributed by atoms with Crippen LogP contribution in [0.1, 0.15) is 32.6 Å². The second kappa shape index (κ2) is 6.27. The Morgan fingerprint density at radius 3 is 2.60 bits per heavy atom. The monoisotopic (exact) mass is 214 g/mol. The highest BCUT2D eigenvalue weighted by molar-refractivity contribution is 5.80. The first kappa shape index (κ1) is 11.8. The van der Waals surface area contributed by atoms with Crippen LogP contribution in [0.5, 0.6) is 0 Å². The molecule has 0 bridgehead atoms. The number of carbonyl (C=O) groups excluding carboxylic acids is 2. The van der Waals surface area contributed by atoms with Crippen molar-refractivity contribution in [3.63, 3.8) is 0 Å². The Morgan fingerprint density at radius 1 is 1.33 bits per heavy atom. The van der Waals surface area contributed by atoms with E-state index in [1.54, 1.807) is 6.92 Å². The highest BCUT2D eigenvalue weighted by Gasteiger charge is 2.17. The highest BCUT2D eigenvalue weighted by Crippen LogP contribution is 2.17. The first-order valence-electron chi connectivity index (χ1n) is 5.42. The van der Waals surface area contributed by atoms with Crippen molar-refractivity contribution in [2.45, 2.75) is 38.6 Å². The molecule has 0 radical (unpaired) electrons. The molecule has 0 spiro atoms. The van der Waals surface area contributed by atoms with Gasteiger partial charge in [0.05, 0.1) is 6.61 Å². The maximum absolute atomic E-state index is 11.3. The molecule has 86 valence electrons. The molecule has 5 heteroatoms. The van der Waals surface area contributed by atoms with Crippen molar-refractivity contribution < 1.29 is 14.3 Å². The number of carbonyl (C=O) groups is 2. The van der Waals surface area contributed by atoms with E-state index in [9.17, 15) is 9.59 Å². The van der Waals surface area contributed by atoms with Gasteiger partial charge >= 0.3 is 12.0 Å². The molecule has 15 heavy (non-hydrogen) atoms. The van der Waals surface area contributed by atoms with Crippen molar-refractivity contribution in [1.82, 2.24) is 10.6 Å². The standard InChI is InChI=1S/C10H18N2O3/c1-2-15-9(13)7-11-10(14)12-8-5-3-4-6-8/h8H,2-7H2,1H3,(H2,11,12,14). The summed E-state index contributed by atoms with van der Waals surface area (Å²) in [6.45, 7) is 2.01. The van der Waals surface area contributed by atoms with E-state index in [0.717, 1.165) is 12.8 Å². The van der Waals surface area contributed by atoms with E-state index in [4.69, 9.17) is 0 Å². The van der Waals surface area contributed by atoms with Gasteiger partial charge in [-0.25, -0.2) is 4.79 Å². The summed E-state index contributed by atoms with van der Waals surface area (Å²) in [6, 6.07) is -0.0119. The fourth-order valence-corrected chi connectivity index (χ4v) is 1.67. The zero-order chi connectivity index (χ0) is 11.1. The second-order valence-electron chi connectivity index (χ2n) is 3.61. The van der Waals surface area contributed by atoms with Crippen molar-refractivity contribution >= 4 is 12.0 Å². The maximum Gasteiger partial charge on any atom is 0.325 e. The molecule has 0 aromatic carbocycles. The fourth-order valence-electron chi connectivity index (χ4n) is 1.67. The number of nitrogens with one attached hydrogen (secondary N) is 2. The number of amides is 2. The largest absolute Gasteiger partial charge is 0.465 e. The number of hydrogen-bond acceptors (Lipinski definition) is 3. The van der Waals surface area contributed by atoms with Crippen LogP contribution in [-0.2, 0) is 9.53 Å². The summed E-state index contributed by atoms with van der Waals surface area (Å²) in [5.74, 6) is -0.404. The molecular weight excluding hydrogens is 196 g/mol. The van der Waals surface area contributed by atoms with Gasteiger partial charge < -0.3 is 15.4 Å². The van der Waals surface area contributed by atoms with Crippen molar-refractivity contribution in [2.24, 2.45) is 0 Å². The first-order valence-corrected chi connectivity index (χ1v) is 5.42. The molecule has 0 aliphatic heterocycles. The van der Waals surface area contributed by atoms with E-state index in [0.29, 0.717) is 6.61 Å². The summed E-state index contributed by atoms with van der Waals surface area (Å²) in [4.78, 5) is 22.2. The van der Waals surface area contributed by atoms with Gasteiger partial charge in [0.2, 0.25) is 0 Å². The lowest BCUT2D eigenvalue weighted by Crippen LogP contribution is -2.43. The minimum atomic E-state index is -0.404. The number of ether oxygens (including phenoxy) is 1. The first-order chi connectivity index (χ1) is 7.22. The summed E-state index contributed by atoms with van der Waals surface area (Å²) >= 11 is 0. The summed E-state index contributed by atoms with van der Waals surface area (Å²) < 4.78 is 4.68. The minimum Gasteiger partial charge on any atom is -0.465 e. The molecule has 2 N–H and O–H groups in total. The lowest BCUT2D eigenvalue weighted by molar-refractivity contribution is -0.141. The van der Waals surface area contributed by atoms with Gasteiger partial charge in [-0.3, -0.25) is 4.79 Å². The predicted molar refractivity (Wildman–Crippen MR) is 55.4 cm³/mol. The molecule has 1 saturated carbocycles. The lowest BCUT2D eigenvalue weighted by Gasteiger charge is -2.12. The molecule has 1 fully saturated rings. The van der Waals surface area contributed by atoms with Gasteiger partial charge in [0.1, 0.15) is 6.54 Å². The molecule has 0 aromatic rings. The van der Waals surface area contributed by atoms with Crippen molar-refractivity contribution in [3.05, 3.63) is 0 Å². The van der Waals surface area contributed by atoms with Gasteiger partial charge in [0, 0.05) is 6.04 Å². The quantitative estimate of drug-likeness (QED) is 0.680. The maximum atomic E-state index is 11.3. The van der Waals surface area contributed by atoms with E-state index in [1.165, 1.54) is 12.8 Å². The van der Waals surface area contributed by atoms with Gasteiger partial charge in [-0.05, 0) is 19.8 Å². The van der Waals surface area contributed by atoms with Gasteiger partial charge in [-0.15, -0.1) is 0 Å². The molecule has 0 atom stereocenters. The molecule has 5 nitrogen and oxygen atoms in total. The molecule has 2 amide bonds. The lowest BCUT2D eigenvalue weighted by atomic mass is 10.2. The van der Waals surface area contributed by atoms with E-state index in [-0.39, 0.29) is 18.6 Å². The molecule has 0 aromatic heterocycles. The molecule has 1 rings (SSSR count). The van der Waals surface area contributed by atoms with E-state index in [1.807, 2.05) is 0 Å². The third kappa shape index (κ3) is 4.67. The number of rotatable bonds is 4. The highest BCUT2D eigenvalue weighted by atomic mass is 16.5. The van der Waals surface area contributed by atoms with Crippen LogP contribution < -0.4 is 10.6 Å². The van der Waals surface area contributed by atoms with Crippen molar-refractivity contribution in [2.75, 3.05) is 13.2 Å². The van der Waals surface area contributed by atoms with Gasteiger partial charge in [-0.2, -0.15) is 0 Å². The number of urea groups is 1. The summed E-state index contributed by atoms with van der Waals surface area (Å²) in [5, 5.41) is 5.29. The molecule has 1 aliphatic rings. The Labute approximate surface area is 89.6 Å². The number of esters is 1. The SMILES string of the molecule is CCOC(=O)CNC(=O)NC1CCCC1. The third-order valence-corrected chi connectivity index (χ3v) is 2.39. The molecule has 0 unspecified atom stereocenters. The van der Waals surface area contributed by atoms with Crippen LogP contribution in [0.15, 0.2) is 0 Å². The minimum absolute atomic E-state index is 0.0631.